The van der Waals surface area contributed by atoms with Crippen molar-refractivity contribution in [1.82, 2.24) is 0 Å². The van der Waals surface area contributed by atoms with Gasteiger partial charge in [-0.2, -0.15) is 10.5 Å². The number of nitriles is 2. The Labute approximate surface area is 204 Å². The highest BCUT2D eigenvalue weighted by molar-refractivity contribution is 14.1. The quantitative estimate of drug-likeness (QED) is 0.442. The number of benzene rings is 3. The molecule has 0 unspecified atom stereocenters. The Morgan fingerprint density at radius 2 is 1.91 bits per heavy atom. The molecule has 0 bridgehead atoms. The third-order valence-corrected chi connectivity index (χ3v) is 6.10. The van der Waals surface area contributed by atoms with Crippen molar-refractivity contribution in [2.24, 2.45) is 5.73 Å². The van der Waals surface area contributed by atoms with E-state index in [-0.39, 0.29) is 23.8 Å². The lowest BCUT2D eigenvalue weighted by Crippen LogP contribution is -2.21. The van der Waals surface area contributed by atoms with E-state index in [0.29, 0.717) is 28.4 Å². The van der Waals surface area contributed by atoms with E-state index in [2.05, 4.69) is 34.7 Å². The zero-order chi connectivity index (χ0) is 23.5. The smallest absolute Gasteiger partial charge is 0.205 e. The van der Waals surface area contributed by atoms with Crippen LogP contribution in [0.15, 0.2) is 66.1 Å². The first-order valence-corrected chi connectivity index (χ1v) is 10.9. The van der Waals surface area contributed by atoms with Gasteiger partial charge >= 0.3 is 0 Å². The zero-order valence-electron chi connectivity index (χ0n) is 17.5. The van der Waals surface area contributed by atoms with E-state index >= 15 is 0 Å². The zero-order valence-corrected chi connectivity index (χ0v) is 19.7. The number of nitrogens with two attached hydrogens (primary N) is 1. The average Bonchev–Trinajstić information content (AvgIpc) is 2.82. The molecule has 0 amide bonds. The van der Waals surface area contributed by atoms with Gasteiger partial charge in [-0.05, 0) is 52.4 Å². The number of methoxy groups -OCH3 is 1. The predicted molar refractivity (Wildman–Crippen MR) is 129 cm³/mol. The number of aromatic hydroxyl groups is 1. The van der Waals surface area contributed by atoms with Crippen LogP contribution in [0.4, 0.5) is 0 Å². The highest BCUT2D eigenvalue weighted by atomic mass is 127. The minimum absolute atomic E-state index is 0.0111. The van der Waals surface area contributed by atoms with Gasteiger partial charge in [0.15, 0.2) is 11.5 Å². The molecule has 0 saturated heterocycles. The molecule has 33 heavy (non-hydrogen) atoms. The number of phenols is 1. The topological polar surface area (TPSA) is 122 Å². The lowest BCUT2D eigenvalue weighted by molar-refractivity contribution is 0.282. The van der Waals surface area contributed by atoms with Crippen LogP contribution in [-0.2, 0) is 6.61 Å². The SMILES string of the molecule is COc1cc([C@@H]2C(C#N)=C(N)Oc3cc(O)ccc32)cc(I)c1OCc1ccccc1C#N. The van der Waals surface area contributed by atoms with Crippen LogP contribution in [0, 0.1) is 26.2 Å². The number of phenolic OH excluding ortho intramolecular Hbond substituents is 1. The van der Waals surface area contributed by atoms with E-state index in [1.807, 2.05) is 18.2 Å². The molecule has 1 heterocycles. The molecule has 4 rings (SSSR count). The van der Waals surface area contributed by atoms with E-state index in [1.54, 1.807) is 24.3 Å². The number of allylic oxidation sites excluding steroid dienone is 1. The molecule has 0 saturated carbocycles. The Bertz CT molecular complexity index is 1350. The molecule has 164 valence electrons. The summed E-state index contributed by atoms with van der Waals surface area (Å²) in [4.78, 5) is 0. The molecular weight excluding hydrogens is 533 g/mol. The number of hydrogen-bond acceptors (Lipinski definition) is 7. The Hall–Kier alpha value is -3.89. The van der Waals surface area contributed by atoms with Crippen LogP contribution in [0.5, 0.6) is 23.0 Å². The maximum absolute atomic E-state index is 9.85. The minimum Gasteiger partial charge on any atom is -0.508 e. The van der Waals surface area contributed by atoms with Crippen LogP contribution in [0.3, 0.4) is 0 Å². The number of rotatable bonds is 5. The number of nitrogens with zero attached hydrogens (tertiary/aromatic N) is 2. The summed E-state index contributed by atoms with van der Waals surface area (Å²) in [6, 6.07) is 20.0. The van der Waals surface area contributed by atoms with Gasteiger partial charge in [0.2, 0.25) is 5.88 Å². The fourth-order valence-electron chi connectivity index (χ4n) is 3.74. The molecule has 0 aromatic heterocycles. The van der Waals surface area contributed by atoms with Gasteiger partial charge in [0.1, 0.15) is 29.7 Å². The maximum atomic E-state index is 9.85. The van der Waals surface area contributed by atoms with Crippen LogP contribution >= 0.6 is 22.6 Å². The fraction of sp³-hybridized carbons (Fsp3) is 0.120. The van der Waals surface area contributed by atoms with Gasteiger partial charge in [-0.1, -0.05) is 24.3 Å². The third-order valence-electron chi connectivity index (χ3n) is 5.30. The molecule has 3 aromatic carbocycles. The van der Waals surface area contributed by atoms with Crippen molar-refractivity contribution in [2.45, 2.75) is 12.5 Å². The molecule has 8 heteroatoms. The van der Waals surface area contributed by atoms with Crippen molar-refractivity contribution in [2.75, 3.05) is 7.11 Å². The van der Waals surface area contributed by atoms with E-state index in [4.69, 9.17) is 19.9 Å². The molecule has 3 N–H and O–H groups in total. The first-order chi connectivity index (χ1) is 16.0. The lowest BCUT2D eigenvalue weighted by atomic mass is 9.83. The van der Waals surface area contributed by atoms with Crippen LogP contribution < -0.4 is 19.9 Å². The third kappa shape index (κ3) is 4.26. The van der Waals surface area contributed by atoms with E-state index in [0.717, 1.165) is 14.7 Å². The molecule has 0 radical (unpaired) electrons. The minimum atomic E-state index is -0.505. The molecule has 1 aliphatic rings. The molecular formula is C25H18IN3O4. The number of hydrogen-bond donors (Lipinski definition) is 2. The van der Waals surface area contributed by atoms with Gasteiger partial charge in [0.05, 0.1) is 28.2 Å². The van der Waals surface area contributed by atoms with E-state index < -0.39 is 5.92 Å². The molecule has 0 fully saturated rings. The second-order valence-electron chi connectivity index (χ2n) is 7.24. The summed E-state index contributed by atoms with van der Waals surface area (Å²) in [5.41, 5.74) is 9.07. The van der Waals surface area contributed by atoms with Crippen molar-refractivity contribution >= 4 is 22.6 Å². The van der Waals surface area contributed by atoms with Crippen LogP contribution in [0.25, 0.3) is 0 Å². The van der Waals surface area contributed by atoms with Gasteiger partial charge in [-0.3, -0.25) is 0 Å². The fourth-order valence-corrected chi connectivity index (χ4v) is 4.52. The standard InChI is InChI=1S/C25H18IN3O4/c1-31-22-9-16(8-20(26)24(22)32-13-15-5-3-2-4-14(15)11-27)23-18-7-6-17(30)10-21(18)33-25(29)19(23)12-28/h2-10,23,30H,13,29H2,1H3/t23-/m0/s1. The highest BCUT2D eigenvalue weighted by Crippen LogP contribution is 2.46. The molecule has 1 aliphatic heterocycles. The number of ether oxygens (including phenoxy) is 3. The second kappa shape index (κ2) is 9.31. The first-order valence-electron chi connectivity index (χ1n) is 9.85. The van der Waals surface area contributed by atoms with Gasteiger partial charge in [0, 0.05) is 17.2 Å². The van der Waals surface area contributed by atoms with Crippen LogP contribution in [0.2, 0.25) is 0 Å². The maximum Gasteiger partial charge on any atom is 0.205 e. The van der Waals surface area contributed by atoms with Crippen LogP contribution in [0.1, 0.15) is 28.2 Å². The van der Waals surface area contributed by atoms with Gasteiger partial charge < -0.3 is 25.1 Å². The number of fused-ring (bicyclic) bond motifs is 1. The Morgan fingerprint density at radius 3 is 2.64 bits per heavy atom. The molecule has 0 aliphatic carbocycles. The van der Waals surface area contributed by atoms with Gasteiger partial charge in [-0.15, -0.1) is 0 Å². The molecule has 0 spiro atoms. The van der Waals surface area contributed by atoms with E-state index in [1.165, 1.54) is 19.2 Å². The van der Waals surface area contributed by atoms with Crippen molar-refractivity contribution in [1.29, 1.82) is 10.5 Å². The van der Waals surface area contributed by atoms with Crippen molar-refractivity contribution < 1.29 is 19.3 Å². The summed E-state index contributed by atoms with van der Waals surface area (Å²) >= 11 is 2.15. The summed E-state index contributed by atoms with van der Waals surface area (Å²) in [6.45, 7) is 0.200. The Balaban J connectivity index is 1.75. The largest absolute Gasteiger partial charge is 0.508 e. The normalized spacial score (nSPS) is 14.5. The summed E-state index contributed by atoms with van der Waals surface area (Å²) in [5.74, 6) is 0.920. The van der Waals surface area contributed by atoms with Crippen LogP contribution in [-0.4, -0.2) is 12.2 Å². The Morgan fingerprint density at radius 1 is 1.12 bits per heavy atom. The summed E-state index contributed by atoms with van der Waals surface area (Å²) in [7, 11) is 1.54. The van der Waals surface area contributed by atoms with Gasteiger partial charge in [0.25, 0.3) is 0 Å². The molecule has 7 nitrogen and oxygen atoms in total. The van der Waals surface area contributed by atoms with Gasteiger partial charge in [-0.25, -0.2) is 0 Å². The number of halogens is 1. The van der Waals surface area contributed by atoms with Crippen molar-refractivity contribution in [3.05, 3.63) is 91.9 Å². The second-order valence-corrected chi connectivity index (χ2v) is 8.40. The van der Waals surface area contributed by atoms with E-state index in [9.17, 15) is 15.6 Å². The average molecular weight is 551 g/mol. The first kappa shape index (κ1) is 22.3. The van der Waals surface area contributed by atoms with Crippen molar-refractivity contribution in [3.63, 3.8) is 0 Å². The summed E-state index contributed by atoms with van der Waals surface area (Å²) in [5, 5.41) is 28.9. The monoisotopic (exact) mass is 551 g/mol. The van der Waals surface area contributed by atoms with Crippen molar-refractivity contribution in [3.8, 4) is 35.1 Å². The lowest BCUT2D eigenvalue weighted by Gasteiger charge is -2.27. The Kier molecular flexibility index (Phi) is 6.29. The summed E-state index contributed by atoms with van der Waals surface area (Å²) < 4.78 is 18.0. The highest BCUT2D eigenvalue weighted by Gasteiger charge is 2.32. The molecule has 1 atom stereocenters. The summed E-state index contributed by atoms with van der Waals surface area (Å²) in [6.07, 6.45) is 0. The predicted octanol–water partition coefficient (Wildman–Crippen LogP) is 4.67. The molecule has 3 aromatic rings.